The summed E-state index contributed by atoms with van der Waals surface area (Å²) in [4.78, 5) is 26.3. The highest BCUT2D eigenvalue weighted by molar-refractivity contribution is 5.85. The zero-order chi connectivity index (χ0) is 18.4. The van der Waals surface area contributed by atoms with Gasteiger partial charge >= 0.3 is 0 Å². The van der Waals surface area contributed by atoms with Crippen LogP contribution >= 0.6 is 0 Å². The molecule has 0 radical (unpaired) electrons. The number of ether oxygens (including phenoxy) is 1. The molecule has 5 heteroatoms. The number of fused-ring (bicyclic) bond motifs is 1. The van der Waals surface area contributed by atoms with E-state index in [1.807, 2.05) is 49.4 Å². The monoisotopic (exact) mass is 352 g/mol. The van der Waals surface area contributed by atoms with E-state index in [1.165, 1.54) is 5.56 Å². The summed E-state index contributed by atoms with van der Waals surface area (Å²) in [5, 5.41) is 2.73. The van der Waals surface area contributed by atoms with Gasteiger partial charge in [0.15, 0.2) is 0 Å². The number of nitrogens with one attached hydrogen (secondary N) is 1. The molecule has 0 spiro atoms. The second-order valence-electron chi connectivity index (χ2n) is 6.37. The number of carbonyl (C=O) groups excluding carboxylic acids is 2. The SMILES string of the molecule is CCOc1ccc2c(c1)CN(C(=O)CNC(=O)Cc1ccccc1)CC2. The predicted molar refractivity (Wildman–Crippen MR) is 99.9 cm³/mol. The van der Waals surface area contributed by atoms with Gasteiger partial charge in [0.25, 0.3) is 0 Å². The summed E-state index contributed by atoms with van der Waals surface area (Å²) < 4.78 is 5.54. The molecule has 2 amide bonds. The van der Waals surface area contributed by atoms with Gasteiger partial charge < -0.3 is 15.0 Å². The Morgan fingerprint density at radius 2 is 1.92 bits per heavy atom. The minimum Gasteiger partial charge on any atom is -0.494 e. The van der Waals surface area contributed by atoms with Crippen LogP contribution in [0.25, 0.3) is 0 Å². The van der Waals surface area contributed by atoms with E-state index in [1.54, 1.807) is 4.90 Å². The van der Waals surface area contributed by atoms with Gasteiger partial charge in [0, 0.05) is 13.1 Å². The van der Waals surface area contributed by atoms with Crippen molar-refractivity contribution in [2.75, 3.05) is 19.7 Å². The molecule has 5 nitrogen and oxygen atoms in total. The molecular weight excluding hydrogens is 328 g/mol. The van der Waals surface area contributed by atoms with E-state index in [9.17, 15) is 9.59 Å². The number of hydrogen-bond acceptors (Lipinski definition) is 3. The maximum atomic E-state index is 12.5. The maximum Gasteiger partial charge on any atom is 0.242 e. The minimum absolute atomic E-state index is 0.0339. The number of amides is 2. The molecule has 0 atom stereocenters. The van der Waals surface area contributed by atoms with Crippen molar-refractivity contribution in [3.8, 4) is 5.75 Å². The molecule has 0 aromatic heterocycles. The van der Waals surface area contributed by atoms with Crippen molar-refractivity contribution >= 4 is 11.8 Å². The van der Waals surface area contributed by atoms with Crippen LogP contribution in [0.3, 0.4) is 0 Å². The largest absolute Gasteiger partial charge is 0.494 e. The van der Waals surface area contributed by atoms with Crippen LogP contribution in [-0.4, -0.2) is 36.4 Å². The molecule has 0 fully saturated rings. The molecule has 3 rings (SSSR count). The van der Waals surface area contributed by atoms with Crippen molar-refractivity contribution in [3.05, 3.63) is 65.2 Å². The fourth-order valence-corrected chi connectivity index (χ4v) is 3.13. The Morgan fingerprint density at radius 3 is 2.69 bits per heavy atom. The first kappa shape index (κ1) is 18.0. The summed E-state index contributed by atoms with van der Waals surface area (Å²) in [7, 11) is 0. The van der Waals surface area contributed by atoms with Gasteiger partial charge in [-0.15, -0.1) is 0 Å². The Labute approximate surface area is 154 Å². The summed E-state index contributed by atoms with van der Waals surface area (Å²) in [6, 6.07) is 15.6. The lowest BCUT2D eigenvalue weighted by atomic mass is 9.99. The van der Waals surface area contributed by atoms with E-state index in [0.717, 1.165) is 23.3 Å². The molecule has 1 aliphatic rings. The lowest BCUT2D eigenvalue weighted by Crippen LogP contribution is -2.42. The first-order valence-electron chi connectivity index (χ1n) is 8.98. The first-order valence-corrected chi connectivity index (χ1v) is 8.98. The van der Waals surface area contributed by atoms with Gasteiger partial charge in [-0.2, -0.15) is 0 Å². The van der Waals surface area contributed by atoms with E-state index < -0.39 is 0 Å². The normalized spacial score (nSPS) is 13.0. The highest BCUT2D eigenvalue weighted by atomic mass is 16.5. The third-order valence-electron chi connectivity index (χ3n) is 4.50. The van der Waals surface area contributed by atoms with Gasteiger partial charge in [0.1, 0.15) is 5.75 Å². The zero-order valence-corrected chi connectivity index (χ0v) is 15.0. The molecular formula is C21H24N2O3. The van der Waals surface area contributed by atoms with Crippen molar-refractivity contribution in [2.45, 2.75) is 26.3 Å². The molecule has 2 aromatic carbocycles. The Kier molecular flexibility index (Phi) is 5.89. The molecule has 136 valence electrons. The summed E-state index contributed by atoms with van der Waals surface area (Å²) in [5.41, 5.74) is 3.31. The highest BCUT2D eigenvalue weighted by Crippen LogP contribution is 2.24. The van der Waals surface area contributed by atoms with E-state index in [4.69, 9.17) is 4.74 Å². The van der Waals surface area contributed by atoms with E-state index >= 15 is 0 Å². The smallest absolute Gasteiger partial charge is 0.242 e. The van der Waals surface area contributed by atoms with Crippen LogP contribution in [0.4, 0.5) is 0 Å². The molecule has 26 heavy (non-hydrogen) atoms. The molecule has 0 aliphatic carbocycles. The summed E-state index contributed by atoms with van der Waals surface area (Å²) in [6.45, 7) is 3.84. The quantitative estimate of drug-likeness (QED) is 0.868. The Balaban J connectivity index is 1.52. The average molecular weight is 352 g/mol. The third kappa shape index (κ3) is 4.63. The highest BCUT2D eigenvalue weighted by Gasteiger charge is 2.21. The number of rotatable bonds is 6. The lowest BCUT2D eigenvalue weighted by Gasteiger charge is -2.29. The molecule has 0 unspecified atom stereocenters. The zero-order valence-electron chi connectivity index (χ0n) is 15.0. The molecule has 0 bridgehead atoms. The molecule has 1 N–H and O–H groups in total. The van der Waals surface area contributed by atoms with Crippen molar-refractivity contribution in [3.63, 3.8) is 0 Å². The fourth-order valence-electron chi connectivity index (χ4n) is 3.13. The first-order chi connectivity index (χ1) is 12.7. The van der Waals surface area contributed by atoms with E-state index in [2.05, 4.69) is 11.4 Å². The van der Waals surface area contributed by atoms with E-state index in [0.29, 0.717) is 19.7 Å². The minimum atomic E-state index is -0.138. The van der Waals surface area contributed by atoms with Gasteiger partial charge in [-0.25, -0.2) is 0 Å². The van der Waals surface area contributed by atoms with Crippen LogP contribution in [0.15, 0.2) is 48.5 Å². The van der Waals surface area contributed by atoms with Crippen molar-refractivity contribution in [1.29, 1.82) is 0 Å². The Bertz CT molecular complexity index is 774. The summed E-state index contributed by atoms with van der Waals surface area (Å²) in [6.07, 6.45) is 1.11. The second-order valence-corrected chi connectivity index (χ2v) is 6.37. The van der Waals surface area contributed by atoms with Crippen LogP contribution < -0.4 is 10.1 Å². The molecule has 1 heterocycles. The van der Waals surface area contributed by atoms with E-state index in [-0.39, 0.29) is 24.8 Å². The van der Waals surface area contributed by atoms with Gasteiger partial charge in [-0.05, 0) is 42.2 Å². The lowest BCUT2D eigenvalue weighted by molar-refractivity contribution is -0.133. The molecule has 1 aliphatic heterocycles. The Hall–Kier alpha value is -2.82. The number of nitrogens with zero attached hydrogens (tertiary/aromatic N) is 1. The number of hydrogen-bond donors (Lipinski definition) is 1. The van der Waals surface area contributed by atoms with Crippen LogP contribution in [0, 0.1) is 0 Å². The van der Waals surface area contributed by atoms with Gasteiger partial charge in [0.2, 0.25) is 11.8 Å². The second kappa shape index (κ2) is 8.52. The fraction of sp³-hybridized carbons (Fsp3) is 0.333. The summed E-state index contributed by atoms with van der Waals surface area (Å²) >= 11 is 0. The predicted octanol–water partition coefficient (Wildman–Crippen LogP) is 2.33. The topological polar surface area (TPSA) is 58.6 Å². The average Bonchev–Trinajstić information content (AvgIpc) is 2.66. The number of carbonyl (C=O) groups is 2. The third-order valence-corrected chi connectivity index (χ3v) is 4.50. The van der Waals surface area contributed by atoms with Crippen LogP contribution in [0.2, 0.25) is 0 Å². The molecule has 0 saturated carbocycles. The summed E-state index contributed by atoms with van der Waals surface area (Å²) in [5.74, 6) is 0.635. The molecule has 2 aromatic rings. The maximum absolute atomic E-state index is 12.5. The van der Waals surface area contributed by atoms with Gasteiger partial charge in [-0.3, -0.25) is 9.59 Å². The number of benzene rings is 2. The van der Waals surface area contributed by atoms with Crippen LogP contribution in [0.5, 0.6) is 5.75 Å². The standard InChI is InChI=1S/C21H24N2O3/c1-2-26-19-9-8-17-10-11-23(15-18(17)13-19)21(25)14-22-20(24)12-16-6-4-3-5-7-16/h3-9,13H,2,10-12,14-15H2,1H3,(H,22,24). The Morgan fingerprint density at radius 1 is 1.12 bits per heavy atom. The van der Waals surface area contributed by atoms with Crippen molar-refractivity contribution in [1.82, 2.24) is 10.2 Å². The van der Waals surface area contributed by atoms with Gasteiger partial charge in [0.05, 0.1) is 19.6 Å². The molecule has 0 saturated heterocycles. The van der Waals surface area contributed by atoms with Crippen molar-refractivity contribution < 1.29 is 14.3 Å². The van der Waals surface area contributed by atoms with Crippen LogP contribution in [0.1, 0.15) is 23.6 Å². The van der Waals surface area contributed by atoms with Crippen molar-refractivity contribution in [2.24, 2.45) is 0 Å². The van der Waals surface area contributed by atoms with Gasteiger partial charge in [-0.1, -0.05) is 36.4 Å². The van der Waals surface area contributed by atoms with Crippen LogP contribution in [-0.2, 0) is 29.0 Å².